The minimum Gasteiger partial charge on any atom is -0.394 e. The van der Waals surface area contributed by atoms with Crippen LogP contribution >= 0.6 is 0 Å². The lowest BCUT2D eigenvalue weighted by molar-refractivity contribution is -0.361. The molecule has 0 aromatic rings. The summed E-state index contributed by atoms with van der Waals surface area (Å²) in [7, 11) is 1.68. The van der Waals surface area contributed by atoms with E-state index in [0.717, 1.165) is 31.3 Å². The molecule has 0 amide bonds. The molecule has 26 unspecified atom stereocenters. The van der Waals surface area contributed by atoms with E-state index in [9.17, 15) is 56.2 Å². The molecule has 19 nitrogen and oxygen atoms in total. The summed E-state index contributed by atoms with van der Waals surface area (Å²) in [5, 5.41) is 116. The maximum absolute atomic E-state index is 12.1. The van der Waals surface area contributed by atoms with Crippen molar-refractivity contribution in [1.29, 1.82) is 0 Å². The van der Waals surface area contributed by atoms with Crippen LogP contribution in [0.1, 0.15) is 79.1 Å². The van der Waals surface area contributed by atoms with Crippen LogP contribution in [0.4, 0.5) is 0 Å². The minimum absolute atomic E-state index is 0.0160. The maximum Gasteiger partial charge on any atom is 0.187 e. The Hall–Kier alpha value is -1.28. The molecule has 4 heterocycles. The van der Waals surface area contributed by atoms with E-state index in [1.165, 1.54) is 6.92 Å². The van der Waals surface area contributed by atoms with Crippen LogP contribution in [0.25, 0.3) is 0 Å². The van der Waals surface area contributed by atoms with Gasteiger partial charge >= 0.3 is 0 Å². The van der Waals surface area contributed by atoms with E-state index in [2.05, 4.69) is 33.4 Å². The summed E-state index contributed by atoms with van der Waals surface area (Å²) in [6, 6.07) is 0. The Labute approximate surface area is 379 Å². The predicted octanol–water partition coefficient (Wildman–Crippen LogP) is -1.29. The predicted molar refractivity (Wildman–Crippen MR) is 224 cm³/mol. The third-order valence-electron chi connectivity index (χ3n) is 17.6. The van der Waals surface area contributed by atoms with Crippen LogP contribution in [-0.2, 0) is 37.9 Å². The molecule has 0 radical (unpaired) electrons. The monoisotopic (exact) mass is 930 g/mol. The molecule has 0 spiro atoms. The lowest BCUT2D eigenvalue weighted by Crippen LogP contribution is -2.64. The molecule has 0 aromatic heterocycles. The summed E-state index contributed by atoms with van der Waals surface area (Å²) in [6.45, 7) is 11.3. The average Bonchev–Trinajstić information content (AvgIpc) is 3.75. The Bertz CT molecular complexity index is 1700. The number of ether oxygens (including phenoxy) is 8. The normalized spacial score (nSPS) is 54.3. The summed E-state index contributed by atoms with van der Waals surface area (Å²) >= 11 is 0. The molecule has 19 heteroatoms. The van der Waals surface area contributed by atoms with Crippen LogP contribution in [0, 0.1) is 40.4 Å². The van der Waals surface area contributed by atoms with Crippen molar-refractivity contribution in [1.82, 2.24) is 0 Å². The highest BCUT2D eigenvalue weighted by atomic mass is 16.7. The molecule has 0 bridgehead atoms. The molecule has 372 valence electrons. The van der Waals surface area contributed by atoms with Gasteiger partial charge in [-0.25, -0.2) is 0 Å². The van der Waals surface area contributed by atoms with E-state index < -0.39 is 129 Å². The molecule has 3 saturated carbocycles. The number of methoxy groups -OCH3 is 1. The fraction of sp³-hybridized carbons (Fsp3) is 0.913. The first-order valence-corrected chi connectivity index (χ1v) is 23.6. The molecule has 4 aliphatic heterocycles. The van der Waals surface area contributed by atoms with Gasteiger partial charge in [-0.15, -0.1) is 0 Å². The second kappa shape index (κ2) is 19.1. The number of hydrogen-bond acceptors (Lipinski definition) is 19. The largest absolute Gasteiger partial charge is 0.394 e. The zero-order valence-corrected chi connectivity index (χ0v) is 38.0. The summed E-state index contributed by atoms with van der Waals surface area (Å²) in [5.41, 5.74) is 1.23. The molecule has 7 fully saturated rings. The van der Waals surface area contributed by atoms with Crippen LogP contribution in [0.5, 0.6) is 0 Å². The number of allylic oxidation sites excluding steroid dienone is 1. The second-order valence-corrected chi connectivity index (χ2v) is 20.9. The van der Waals surface area contributed by atoms with Crippen molar-refractivity contribution < 1.29 is 94.1 Å². The molecular formula is C46H74O19. The first kappa shape index (κ1) is 50.1. The molecule has 4 aliphatic carbocycles. The molecule has 26 atom stereocenters. The van der Waals surface area contributed by atoms with Crippen molar-refractivity contribution in [3.8, 4) is 0 Å². The lowest BCUT2D eigenvalue weighted by atomic mass is 9.46. The molecule has 8 aliphatic rings. The molecule has 65 heavy (non-hydrogen) atoms. The molecule has 0 aromatic carbocycles. The van der Waals surface area contributed by atoms with Crippen LogP contribution in [0.2, 0.25) is 0 Å². The smallest absolute Gasteiger partial charge is 0.187 e. The summed E-state index contributed by atoms with van der Waals surface area (Å²) in [6.07, 6.45) is -14.9. The van der Waals surface area contributed by atoms with Crippen LogP contribution in [0.3, 0.4) is 0 Å². The third-order valence-corrected chi connectivity index (χ3v) is 17.6. The van der Waals surface area contributed by atoms with Crippen molar-refractivity contribution in [2.45, 2.75) is 195 Å². The van der Waals surface area contributed by atoms with E-state index in [0.29, 0.717) is 36.7 Å². The van der Waals surface area contributed by atoms with E-state index in [1.807, 2.05) is 0 Å². The zero-order chi connectivity index (χ0) is 47.1. The fourth-order valence-electron chi connectivity index (χ4n) is 13.7. The van der Waals surface area contributed by atoms with E-state index in [4.69, 9.17) is 37.9 Å². The molecule has 4 saturated heterocycles. The summed E-state index contributed by atoms with van der Waals surface area (Å²) in [4.78, 5) is 0. The van der Waals surface area contributed by atoms with Gasteiger partial charge in [-0.05, 0) is 74.5 Å². The number of rotatable bonds is 13. The van der Waals surface area contributed by atoms with Gasteiger partial charge in [0.25, 0.3) is 0 Å². The quantitative estimate of drug-likeness (QED) is 0.0959. The molecule has 11 N–H and O–H groups in total. The van der Waals surface area contributed by atoms with E-state index >= 15 is 0 Å². The van der Waals surface area contributed by atoms with Crippen molar-refractivity contribution in [3.05, 3.63) is 23.8 Å². The van der Waals surface area contributed by atoms with Crippen LogP contribution < -0.4 is 0 Å². The van der Waals surface area contributed by atoms with Crippen molar-refractivity contribution in [2.24, 2.45) is 40.4 Å². The van der Waals surface area contributed by atoms with Gasteiger partial charge in [-0.3, -0.25) is 0 Å². The highest BCUT2D eigenvalue weighted by Gasteiger charge is 2.69. The Morgan fingerprint density at radius 2 is 1.42 bits per heavy atom. The Morgan fingerprint density at radius 3 is 2.11 bits per heavy atom. The standard InChI is InChI=1S/C46H74O19/c1-19(18-59-41-37(55)35(53)33(51)28(16-47)62-41)9-12-46(58-6)20(2)31-27(65-46)15-26-24-8-7-22-13-23(14-30(49)45(22,5)25(24)10-11-44(26,31)4)61-43-39(57)36(54)40(29(17-48)63-43)64-42-38(56)34(52)32(50)21(3)60-42/h7,20-21,23-43,47-57H,1,8-18H2,2-6H3. The first-order chi connectivity index (χ1) is 30.7. The van der Waals surface area contributed by atoms with Crippen LogP contribution in [0.15, 0.2) is 23.8 Å². The Balaban J connectivity index is 0.880. The number of aliphatic hydroxyl groups excluding tert-OH is 11. The second-order valence-electron chi connectivity index (χ2n) is 20.9. The van der Waals surface area contributed by atoms with Gasteiger partial charge in [-0.1, -0.05) is 44.6 Å². The lowest BCUT2D eigenvalue weighted by Gasteiger charge is -2.60. The first-order valence-electron chi connectivity index (χ1n) is 23.6. The Kier molecular flexibility index (Phi) is 14.8. The van der Waals surface area contributed by atoms with Gasteiger partial charge in [0.2, 0.25) is 0 Å². The van der Waals surface area contributed by atoms with Gasteiger partial charge in [0.05, 0.1) is 44.2 Å². The van der Waals surface area contributed by atoms with Gasteiger partial charge < -0.3 is 94.1 Å². The summed E-state index contributed by atoms with van der Waals surface area (Å²) in [5.74, 6) is 0.287. The summed E-state index contributed by atoms with van der Waals surface area (Å²) < 4.78 is 48.0. The van der Waals surface area contributed by atoms with Crippen molar-refractivity contribution in [2.75, 3.05) is 26.9 Å². The number of hydrogen-bond donors (Lipinski definition) is 11. The van der Waals surface area contributed by atoms with Gasteiger partial charge in [-0.2, -0.15) is 0 Å². The number of aliphatic hydroxyl groups is 11. The average molecular weight is 931 g/mol. The van der Waals surface area contributed by atoms with E-state index in [1.54, 1.807) is 7.11 Å². The SMILES string of the molecule is C=C(CCC1(OC)OC2CC3C4CC=C5CC(OC6OC(CO)C(OC7OC(C)C(O)C(O)C7O)C(O)C6O)CC(O)C5(C)C4CCC3(C)C2C1C)COC1OC(CO)C(O)C(O)C1O. The van der Waals surface area contributed by atoms with Gasteiger partial charge in [0.1, 0.15) is 67.1 Å². The number of fused-ring (bicyclic) bond motifs is 7. The molecular weight excluding hydrogens is 856 g/mol. The third kappa shape index (κ3) is 8.52. The van der Waals surface area contributed by atoms with Crippen molar-refractivity contribution in [3.63, 3.8) is 0 Å². The van der Waals surface area contributed by atoms with E-state index in [-0.39, 0.29) is 42.3 Å². The van der Waals surface area contributed by atoms with Gasteiger partial charge in [0, 0.05) is 31.3 Å². The van der Waals surface area contributed by atoms with Gasteiger partial charge in [0.15, 0.2) is 24.7 Å². The zero-order valence-electron chi connectivity index (χ0n) is 38.0. The topological polar surface area (TPSA) is 296 Å². The highest BCUT2D eigenvalue weighted by Crippen LogP contribution is 2.70. The maximum atomic E-state index is 12.1. The van der Waals surface area contributed by atoms with Crippen LogP contribution in [-0.4, -0.2) is 199 Å². The fourth-order valence-corrected chi connectivity index (χ4v) is 13.7. The minimum atomic E-state index is -1.67. The molecule has 8 rings (SSSR count). The highest BCUT2D eigenvalue weighted by molar-refractivity contribution is 5.28. The van der Waals surface area contributed by atoms with Crippen molar-refractivity contribution >= 4 is 0 Å². The Morgan fingerprint density at radius 1 is 0.769 bits per heavy atom.